The maximum atomic E-state index is 13.3. The third-order valence-electron chi connectivity index (χ3n) is 4.60. The second-order valence-electron chi connectivity index (χ2n) is 6.68. The van der Waals surface area contributed by atoms with Gasteiger partial charge in [-0.2, -0.15) is 13.3 Å². The number of hydrogen-bond donors (Lipinski definition) is 1. The lowest BCUT2D eigenvalue weighted by atomic mass is 10.3. The van der Waals surface area contributed by atoms with Crippen LogP contribution in [0.1, 0.15) is 0 Å². The van der Waals surface area contributed by atoms with Gasteiger partial charge in [-0.05, 0) is 24.3 Å². The minimum Gasteiger partial charge on any atom is -0.258 e. The lowest BCUT2D eigenvalue weighted by Gasteiger charge is -2.10. The largest absolute Gasteiger partial charge is 0.270 e. The highest BCUT2D eigenvalue weighted by Gasteiger charge is 2.25. The fourth-order valence-electron chi connectivity index (χ4n) is 3.20. The van der Waals surface area contributed by atoms with Gasteiger partial charge in [0.15, 0.2) is 0 Å². The first-order chi connectivity index (χ1) is 15.0. The van der Waals surface area contributed by atoms with Crippen LogP contribution in [0.5, 0.6) is 0 Å². The van der Waals surface area contributed by atoms with Gasteiger partial charge < -0.3 is 0 Å². The van der Waals surface area contributed by atoms with E-state index in [2.05, 4.69) is 30.0 Å². The van der Waals surface area contributed by atoms with Gasteiger partial charge in [-0.1, -0.05) is 30.9 Å². The molecule has 5 aromatic rings. The molecule has 0 bridgehead atoms. The minimum atomic E-state index is -4.00. The summed E-state index contributed by atoms with van der Waals surface area (Å²) >= 11 is 0.964. The second-order valence-corrected chi connectivity index (χ2v) is 8.86. The van der Waals surface area contributed by atoms with Crippen LogP contribution in [0.3, 0.4) is 0 Å². The molecule has 2 aromatic carbocycles. The number of anilines is 1. The highest BCUT2D eigenvalue weighted by Crippen LogP contribution is 2.26. The Kier molecular flexibility index (Phi) is 4.68. The molecule has 0 aliphatic rings. The molecule has 0 fully saturated rings. The zero-order valence-corrected chi connectivity index (χ0v) is 17.7. The molecule has 9 nitrogen and oxygen atoms in total. The molecular weight excluding hydrogens is 434 g/mol. The molecule has 0 saturated carbocycles. The second kappa shape index (κ2) is 7.52. The van der Waals surface area contributed by atoms with Crippen LogP contribution in [-0.2, 0) is 16.6 Å². The van der Waals surface area contributed by atoms with E-state index in [0.29, 0.717) is 34.4 Å². The molecule has 0 spiro atoms. The van der Waals surface area contributed by atoms with Crippen molar-refractivity contribution in [3.05, 3.63) is 73.8 Å². The van der Waals surface area contributed by atoms with E-state index in [1.807, 2.05) is 29.0 Å². The molecule has 31 heavy (non-hydrogen) atoms. The van der Waals surface area contributed by atoms with Gasteiger partial charge in [0.1, 0.15) is 34.9 Å². The predicted octanol–water partition coefficient (Wildman–Crippen LogP) is 2.70. The van der Waals surface area contributed by atoms with E-state index in [0.717, 1.165) is 11.7 Å². The number of imidazole rings is 1. The summed E-state index contributed by atoms with van der Waals surface area (Å²) in [6.45, 7) is 4.34. The van der Waals surface area contributed by atoms with E-state index < -0.39 is 10.0 Å². The summed E-state index contributed by atoms with van der Waals surface area (Å²) in [5.74, 6) is 0.467. The van der Waals surface area contributed by atoms with Crippen LogP contribution < -0.4 is 9.29 Å². The van der Waals surface area contributed by atoms with Crippen molar-refractivity contribution in [1.82, 2.24) is 23.3 Å². The molecule has 3 aromatic heterocycles. The van der Waals surface area contributed by atoms with E-state index in [-0.39, 0.29) is 10.7 Å². The number of allylic oxidation sites excluding steroid dienone is 1. The van der Waals surface area contributed by atoms with Crippen molar-refractivity contribution in [3.63, 3.8) is 0 Å². The normalized spacial score (nSPS) is 11.7. The molecular formula is C20H16N7O2S2+. The third-order valence-corrected chi connectivity index (χ3v) is 6.51. The van der Waals surface area contributed by atoms with Crippen LogP contribution in [0.2, 0.25) is 0 Å². The van der Waals surface area contributed by atoms with Crippen molar-refractivity contribution in [2.45, 2.75) is 11.4 Å². The topological polar surface area (TPSA) is 107 Å². The minimum absolute atomic E-state index is 0.0360. The molecule has 0 radical (unpaired) electrons. The molecule has 3 heterocycles. The average Bonchev–Trinajstić information content (AvgIpc) is 3.42. The Morgan fingerprint density at radius 2 is 1.84 bits per heavy atom. The smallest absolute Gasteiger partial charge is 0.258 e. The standard InChI is InChI=1S/C20H16N7O2S2/c1-2-10-26-11-12-27(13-26)20-19(21-14-6-3-4-7-15(14)22-20)25-31(28,29)17-9-5-8-16-18(17)24-30-23-16/h2-9,11-13H,1,10H2,(H,21,25)/q+1. The fourth-order valence-corrected chi connectivity index (χ4v) is 4.97. The molecule has 11 heteroatoms. The molecule has 0 unspecified atom stereocenters. The lowest BCUT2D eigenvalue weighted by molar-refractivity contribution is -0.686. The van der Waals surface area contributed by atoms with E-state index in [1.165, 1.54) is 6.07 Å². The maximum absolute atomic E-state index is 13.3. The van der Waals surface area contributed by atoms with Gasteiger partial charge in [0, 0.05) is 0 Å². The van der Waals surface area contributed by atoms with Crippen LogP contribution in [0.4, 0.5) is 5.82 Å². The van der Waals surface area contributed by atoms with Crippen molar-refractivity contribution >= 4 is 49.6 Å². The first-order valence-electron chi connectivity index (χ1n) is 9.24. The summed E-state index contributed by atoms with van der Waals surface area (Å²) in [6, 6.07) is 12.1. The van der Waals surface area contributed by atoms with Gasteiger partial charge in [-0.25, -0.2) is 23.0 Å². The third kappa shape index (κ3) is 3.53. The maximum Gasteiger partial charge on any atom is 0.270 e. The fraction of sp³-hybridized carbons (Fsp3) is 0.0500. The Morgan fingerprint density at radius 1 is 1.06 bits per heavy atom. The number of para-hydroxylation sites is 2. The van der Waals surface area contributed by atoms with Gasteiger partial charge in [0.25, 0.3) is 22.2 Å². The van der Waals surface area contributed by atoms with Gasteiger partial charge in [-0.3, -0.25) is 4.72 Å². The van der Waals surface area contributed by atoms with Crippen LogP contribution in [-0.4, -0.2) is 31.7 Å². The van der Waals surface area contributed by atoms with E-state index in [4.69, 9.17) is 0 Å². The summed E-state index contributed by atoms with van der Waals surface area (Å²) < 4.78 is 41.0. The molecule has 0 atom stereocenters. The van der Waals surface area contributed by atoms with Crippen LogP contribution >= 0.6 is 11.7 Å². The van der Waals surface area contributed by atoms with Crippen molar-refractivity contribution in [2.75, 3.05) is 4.72 Å². The van der Waals surface area contributed by atoms with Gasteiger partial charge >= 0.3 is 0 Å². The summed E-state index contributed by atoms with van der Waals surface area (Å²) in [5, 5.41) is 0. The SMILES string of the molecule is C=CC[n+]1ccn(-c2nc3ccccc3nc2NS(=O)(=O)c2cccc3nsnc23)c1. The average molecular weight is 451 g/mol. The molecule has 154 valence electrons. The number of rotatable bonds is 6. The van der Waals surface area contributed by atoms with E-state index >= 15 is 0 Å². The lowest BCUT2D eigenvalue weighted by Crippen LogP contribution is -2.29. The zero-order chi connectivity index (χ0) is 21.4. The number of sulfonamides is 1. The predicted molar refractivity (Wildman–Crippen MR) is 117 cm³/mol. The van der Waals surface area contributed by atoms with Crippen molar-refractivity contribution in [1.29, 1.82) is 0 Å². The number of nitrogens with zero attached hydrogens (tertiary/aromatic N) is 6. The van der Waals surface area contributed by atoms with Gasteiger partial charge in [0.2, 0.25) is 5.82 Å². The molecule has 0 amide bonds. The number of fused-ring (bicyclic) bond motifs is 2. The number of aromatic nitrogens is 6. The number of hydrogen-bond acceptors (Lipinski definition) is 7. The Labute approximate surface area is 181 Å². The summed E-state index contributed by atoms with van der Waals surface area (Å²) in [6.07, 6.45) is 7.19. The highest BCUT2D eigenvalue weighted by molar-refractivity contribution is 7.93. The van der Waals surface area contributed by atoms with Crippen LogP contribution in [0.15, 0.2) is 78.7 Å². The van der Waals surface area contributed by atoms with Crippen LogP contribution in [0.25, 0.3) is 27.9 Å². The molecule has 1 N–H and O–H groups in total. The zero-order valence-electron chi connectivity index (χ0n) is 16.1. The Bertz CT molecular complexity index is 1540. The van der Waals surface area contributed by atoms with Crippen molar-refractivity contribution in [3.8, 4) is 5.82 Å². The van der Waals surface area contributed by atoms with Crippen molar-refractivity contribution < 1.29 is 13.0 Å². The summed E-state index contributed by atoms with van der Waals surface area (Å²) in [4.78, 5) is 9.24. The molecule has 0 aliphatic carbocycles. The Hall–Kier alpha value is -3.70. The number of nitrogens with one attached hydrogen (secondary N) is 1. The summed E-state index contributed by atoms with van der Waals surface area (Å²) in [7, 11) is -4.00. The quantitative estimate of drug-likeness (QED) is 0.315. The monoisotopic (exact) mass is 450 g/mol. The van der Waals surface area contributed by atoms with Crippen LogP contribution in [0, 0.1) is 0 Å². The van der Waals surface area contributed by atoms with Gasteiger partial charge in [-0.15, -0.1) is 0 Å². The van der Waals surface area contributed by atoms with Gasteiger partial charge in [0.05, 0.1) is 22.8 Å². The molecule has 0 aliphatic heterocycles. The van der Waals surface area contributed by atoms with E-state index in [9.17, 15) is 8.42 Å². The first-order valence-corrected chi connectivity index (χ1v) is 11.5. The number of benzene rings is 2. The Balaban J connectivity index is 1.66. The highest BCUT2D eigenvalue weighted by atomic mass is 32.2. The summed E-state index contributed by atoms with van der Waals surface area (Å²) in [5.41, 5.74) is 2.06. The molecule has 0 saturated heterocycles. The molecule has 5 rings (SSSR count). The van der Waals surface area contributed by atoms with E-state index in [1.54, 1.807) is 41.4 Å². The first kappa shape index (κ1) is 19.3. The van der Waals surface area contributed by atoms with Crippen molar-refractivity contribution in [2.24, 2.45) is 0 Å². The Morgan fingerprint density at radius 3 is 2.65 bits per heavy atom.